The Balaban J connectivity index is 2.35. The SMILES string of the molecule is C=CCNC(=O)C(C)N1CCC(NC(=O)OC(C)(C)C)CC1. The van der Waals surface area contributed by atoms with Crippen molar-refractivity contribution >= 4 is 12.0 Å². The standard InChI is InChI=1S/C16H29N3O3/c1-6-9-17-14(20)12(2)19-10-7-13(8-11-19)18-15(21)22-16(3,4)5/h6,12-13H,1,7-11H2,2-5H3,(H,17,20)(H,18,21). The van der Waals surface area contributed by atoms with E-state index in [-0.39, 0.29) is 24.1 Å². The highest BCUT2D eigenvalue weighted by molar-refractivity contribution is 5.81. The Morgan fingerprint density at radius 1 is 1.36 bits per heavy atom. The second-order valence-electron chi connectivity index (χ2n) is 6.67. The molecule has 1 unspecified atom stereocenters. The van der Waals surface area contributed by atoms with E-state index < -0.39 is 5.60 Å². The number of likely N-dealkylation sites (tertiary alicyclic amines) is 1. The third-order valence-electron chi connectivity index (χ3n) is 3.60. The van der Waals surface area contributed by atoms with Crippen LogP contribution in [0.25, 0.3) is 0 Å². The lowest BCUT2D eigenvalue weighted by Crippen LogP contribution is -2.52. The van der Waals surface area contributed by atoms with Crippen LogP contribution >= 0.6 is 0 Å². The number of nitrogens with zero attached hydrogens (tertiary/aromatic N) is 1. The maximum absolute atomic E-state index is 11.9. The van der Waals surface area contributed by atoms with Crippen LogP contribution in [-0.4, -0.2) is 54.2 Å². The van der Waals surface area contributed by atoms with Crippen LogP contribution in [-0.2, 0) is 9.53 Å². The molecule has 0 saturated carbocycles. The number of rotatable bonds is 5. The summed E-state index contributed by atoms with van der Waals surface area (Å²) in [5.74, 6) is 0.0125. The Kier molecular flexibility index (Phi) is 6.87. The zero-order chi connectivity index (χ0) is 16.8. The molecule has 6 nitrogen and oxygen atoms in total. The fourth-order valence-electron chi connectivity index (χ4n) is 2.39. The number of carbonyl (C=O) groups is 2. The van der Waals surface area contributed by atoms with E-state index in [0.717, 1.165) is 25.9 Å². The quantitative estimate of drug-likeness (QED) is 0.758. The largest absolute Gasteiger partial charge is 0.444 e. The van der Waals surface area contributed by atoms with E-state index >= 15 is 0 Å². The Bertz CT molecular complexity index is 396. The van der Waals surface area contributed by atoms with Gasteiger partial charge in [0.25, 0.3) is 0 Å². The molecule has 1 heterocycles. The van der Waals surface area contributed by atoms with Crippen LogP contribution in [0.2, 0.25) is 0 Å². The summed E-state index contributed by atoms with van der Waals surface area (Å²) in [5.41, 5.74) is -0.484. The predicted molar refractivity (Wildman–Crippen MR) is 86.6 cm³/mol. The zero-order valence-corrected chi connectivity index (χ0v) is 14.1. The number of ether oxygens (including phenoxy) is 1. The fraction of sp³-hybridized carbons (Fsp3) is 0.750. The molecule has 1 fully saturated rings. The number of nitrogens with one attached hydrogen (secondary N) is 2. The Labute approximate surface area is 133 Å². The van der Waals surface area contributed by atoms with Crippen LogP contribution in [0.4, 0.5) is 4.79 Å². The molecule has 2 amide bonds. The summed E-state index contributed by atoms with van der Waals surface area (Å²) in [7, 11) is 0. The number of piperidine rings is 1. The zero-order valence-electron chi connectivity index (χ0n) is 14.1. The van der Waals surface area contributed by atoms with Gasteiger partial charge in [-0.05, 0) is 40.5 Å². The number of carbonyl (C=O) groups excluding carboxylic acids is 2. The first kappa shape index (κ1) is 18.5. The lowest BCUT2D eigenvalue weighted by atomic mass is 10.0. The summed E-state index contributed by atoms with van der Waals surface area (Å²) in [6.45, 7) is 13.1. The number of amides is 2. The summed E-state index contributed by atoms with van der Waals surface area (Å²) in [5, 5.41) is 5.71. The van der Waals surface area contributed by atoms with Gasteiger partial charge in [-0.25, -0.2) is 4.79 Å². The summed E-state index contributed by atoms with van der Waals surface area (Å²) in [4.78, 5) is 25.8. The van der Waals surface area contributed by atoms with Crippen molar-refractivity contribution in [2.45, 2.75) is 58.2 Å². The molecule has 2 N–H and O–H groups in total. The molecule has 1 atom stereocenters. The molecule has 0 aromatic carbocycles. The van der Waals surface area contributed by atoms with Crippen molar-refractivity contribution in [3.63, 3.8) is 0 Å². The van der Waals surface area contributed by atoms with Crippen molar-refractivity contribution in [1.82, 2.24) is 15.5 Å². The van der Waals surface area contributed by atoms with Crippen molar-refractivity contribution in [1.29, 1.82) is 0 Å². The van der Waals surface area contributed by atoms with Gasteiger partial charge in [0.1, 0.15) is 5.60 Å². The van der Waals surface area contributed by atoms with E-state index in [1.54, 1.807) is 6.08 Å². The molecule has 1 aliphatic heterocycles. The summed E-state index contributed by atoms with van der Waals surface area (Å²) in [6, 6.07) is -0.0584. The highest BCUT2D eigenvalue weighted by Gasteiger charge is 2.28. The minimum atomic E-state index is -0.484. The molecule has 1 saturated heterocycles. The van der Waals surface area contributed by atoms with Crippen LogP contribution in [0, 0.1) is 0 Å². The van der Waals surface area contributed by atoms with Gasteiger partial charge in [-0.1, -0.05) is 6.08 Å². The van der Waals surface area contributed by atoms with Gasteiger partial charge >= 0.3 is 6.09 Å². The van der Waals surface area contributed by atoms with Gasteiger partial charge in [0.15, 0.2) is 0 Å². The second-order valence-corrected chi connectivity index (χ2v) is 6.67. The topological polar surface area (TPSA) is 70.7 Å². The number of hydrogen-bond acceptors (Lipinski definition) is 4. The molecule has 0 aromatic rings. The lowest BCUT2D eigenvalue weighted by molar-refractivity contribution is -0.126. The lowest BCUT2D eigenvalue weighted by Gasteiger charge is -2.35. The van der Waals surface area contributed by atoms with E-state index in [0.29, 0.717) is 6.54 Å². The molecule has 0 aliphatic carbocycles. The summed E-state index contributed by atoms with van der Waals surface area (Å²) in [6.07, 6.45) is 2.93. The summed E-state index contributed by atoms with van der Waals surface area (Å²) < 4.78 is 5.26. The van der Waals surface area contributed by atoms with Gasteiger partial charge in [0.05, 0.1) is 6.04 Å². The third-order valence-corrected chi connectivity index (χ3v) is 3.60. The van der Waals surface area contributed by atoms with Gasteiger partial charge in [-0.2, -0.15) is 0 Å². The maximum atomic E-state index is 11.9. The molecule has 1 aliphatic rings. The minimum Gasteiger partial charge on any atom is -0.444 e. The number of hydrogen-bond donors (Lipinski definition) is 2. The summed E-state index contributed by atoms with van der Waals surface area (Å²) >= 11 is 0. The molecule has 22 heavy (non-hydrogen) atoms. The molecule has 0 aromatic heterocycles. The van der Waals surface area contributed by atoms with Gasteiger partial charge in [-0.3, -0.25) is 9.69 Å². The van der Waals surface area contributed by atoms with Crippen LogP contribution < -0.4 is 10.6 Å². The minimum absolute atomic E-state index is 0.0125. The van der Waals surface area contributed by atoms with E-state index in [1.165, 1.54) is 0 Å². The molecule has 1 rings (SSSR count). The van der Waals surface area contributed by atoms with Crippen molar-refractivity contribution in [2.24, 2.45) is 0 Å². The average Bonchev–Trinajstić information content (AvgIpc) is 2.42. The first-order valence-electron chi connectivity index (χ1n) is 7.85. The Hall–Kier alpha value is -1.56. The van der Waals surface area contributed by atoms with Gasteiger partial charge < -0.3 is 15.4 Å². The molecule has 126 valence electrons. The van der Waals surface area contributed by atoms with Crippen molar-refractivity contribution < 1.29 is 14.3 Å². The van der Waals surface area contributed by atoms with Crippen LogP contribution in [0.5, 0.6) is 0 Å². The normalized spacial score (nSPS) is 18.4. The molecule has 0 radical (unpaired) electrons. The molecule has 0 bridgehead atoms. The molecule has 6 heteroatoms. The maximum Gasteiger partial charge on any atom is 0.407 e. The van der Waals surface area contributed by atoms with Crippen molar-refractivity contribution in [2.75, 3.05) is 19.6 Å². The monoisotopic (exact) mass is 311 g/mol. The highest BCUT2D eigenvalue weighted by atomic mass is 16.6. The van der Waals surface area contributed by atoms with E-state index in [9.17, 15) is 9.59 Å². The van der Waals surface area contributed by atoms with Crippen LogP contribution in [0.15, 0.2) is 12.7 Å². The molecular weight excluding hydrogens is 282 g/mol. The first-order valence-corrected chi connectivity index (χ1v) is 7.85. The van der Waals surface area contributed by atoms with Crippen LogP contribution in [0.3, 0.4) is 0 Å². The van der Waals surface area contributed by atoms with Crippen molar-refractivity contribution in [3.05, 3.63) is 12.7 Å². The smallest absolute Gasteiger partial charge is 0.407 e. The van der Waals surface area contributed by atoms with Gasteiger partial charge in [0, 0.05) is 25.7 Å². The van der Waals surface area contributed by atoms with Crippen molar-refractivity contribution in [3.8, 4) is 0 Å². The van der Waals surface area contributed by atoms with Gasteiger partial charge in [-0.15, -0.1) is 6.58 Å². The third kappa shape index (κ3) is 6.47. The fourth-order valence-corrected chi connectivity index (χ4v) is 2.39. The molecule has 0 spiro atoms. The highest BCUT2D eigenvalue weighted by Crippen LogP contribution is 2.14. The Morgan fingerprint density at radius 2 is 1.95 bits per heavy atom. The van der Waals surface area contributed by atoms with E-state index in [1.807, 2.05) is 27.7 Å². The number of alkyl carbamates (subject to hydrolysis) is 1. The van der Waals surface area contributed by atoms with E-state index in [2.05, 4.69) is 22.1 Å². The van der Waals surface area contributed by atoms with Crippen LogP contribution in [0.1, 0.15) is 40.5 Å². The van der Waals surface area contributed by atoms with Gasteiger partial charge in [0.2, 0.25) is 5.91 Å². The average molecular weight is 311 g/mol. The second kappa shape index (κ2) is 8.17. The molecular formula is C16H29N3O3. The Morgan fingerprint density at radius 3 is 2.45 bits per heavy atom. The predicted octanol–water partition coefficient (Wildman–Crippen LogP) is 1.67. The first-order chi connectivity index (χ1) is 10.2. The van der Waals surface area contributed by atoms with E-state index in [4.69, 9.17) is 4.74 Å².